The summed E-state index contributed by atoms with van der Waals surface area (Å²) in [6.07, 6.45) is 3.46. The van der Waals surface area contributed by atoms with Gasteiger partial charge in [-0.05, 0) is 36.8 Å². The van der Waals surface area contributed by atoms with E-state index in [9.17, 15) is 14.9 Å². The molecule has 9 heteroatoms. The zero-order valence-corrected chi connectivity index (χ0v) is 13.4. The number of likely N-dealkylation sites (tertiary alicyclic amines) is 1. The van der Waals surface area contributed by atoms with Crippen molar-refractivity contribution in [1.82, 2.24) is 20.0 Å². The zero-order valence-electron chi connectivity index (χ0n) is 12.6. The molecule has 0 aliphatic carbocycles. The maximum atomic E-state index is 12.1. The van der Waals surface area contributed by atoms with Crippen molar-refractivity contribution in [2.45, 2.75) is 26.3 Å². The van der Waals surface area contributed by atoms with Gasteiger partial charge in [0.25, 0.3) is 0 Å². The number of hydrogen-bond donors (Lipinski definition) is 1. The van der Waals surface area contributed by atoms with Crippen LogP contribution in [0.2, 0.25) is 0 Å². The summed E-state index contributed by atoms with van der Waals surface area (Å²) in [4.78, 5) is 24.0. The first-order chi connectivity index (χ1) is 10.1. The summed E-state index contributed by atoms with van der Waals surface area (Å²) in [5.74, 6) is 0.363. The average molecular weight is 332 g/mol. The Balaban J connectivity index is 0.00000242. The number of hydrogen-bond acceptors (Lipinski definition) is 5. The van der Waals surface area contributed by atoms with E-state index in [0.717, 1.165) is 39.0 Å². The molecule has 0 atom stereocenters. The second-order valence-corrected chi connectivity index (χ2v) is 5.26. The van der Waals surface area contributed by atoms with E-state index in [1.807, 2.05) is 4.90 Å². The largest absolute Gasteiger partial charge is 0.389 e. The second-order valence-electron chi connectivity index (χ2n) is 5.26. The fourth-order valence-electron chi connectivity index (χ4n) is 2.51. The van der Waals surface area contributed by atoms with E-state index in [1.165, 1.54) is 16.9 Å². The zero-order chi connectivity index (χ0) is 15.2. The molecule has 1 fully saturated rings. The minimum Gasteiger partial charge on any atom is -0.358 e. The van der Waals surface area contributed by atoms with Crippen LogP contribution in [-0.4, -0.2) is 51.7 Å². The average Bonchev–Trinajstić information content (AvgIpc) is 2.94. The molecular formula is C13H22ClN5O3. The van der Waals surface area contributed by atoms with Crippen LogP contribution in [0.25, 0.3) is 0 Å². The Morgan fingerprint density at radius 2 is 2.18 bits per heavy atom. The Kier molecular flexibility index (Phi) is 7.26. The van der Waals surface area contributed by atoms with Gasteiger partial charge in [-0.25, -0.2) is 0 Å². The summed E-state index contributed by atoms with van der Waals surface area (Å²) in [5.41, 5.74) is 0. The fraction of sp³-hybridized carbons (Fsp3) is 0.692. The summed E-state index contributed by atoms with van der Waals surface area (Å²) < 4.78 is 1.32. The molecule has 1 aliphatic rings. The highest BCUT2D eigenvalue weighted by Crippen LogP contribution is 2.17. The lowest BCUT2D eigenvalue weighted by molar-refractivity contribution is -0.389. The molecule has 1 amide bonds. The molecule has 0 radical (unpaired) electrons. The lowest BCUT2D eigenvalue weighted by Crippen LogP contribution is -2.42. The predicted octanol–water partition coefficient (Wildman–Crippen LogP) is 1.06. The molecule has 8 nitrogen and oxygen atoms in total. The van der Waals surface area contributed by atoms with Crippen LogP contribution in [0.3, 0.4) is 0 Å². The maximum absolute atomic E-state index is 12.1. The Hall–Kier alpha value is -1.67. The smallest absolute Gasteiger partial charge is 0.358 e. The molecule has 0 unspecified atom stereocenters. The van der Waals surface area contributed by atoms with Crippen LogP contribution in [-0.2, 0) is 11.3 Å². The molecule has 2 heterocycles. The molecule has 0 saturated carbocycles. The third kappa shape index (κ3) is 4.96. The van der Waals surface area contributed by atoms with E-state index >= 15 is 0 Å². The van der Waals surface area contributed by atoms with Gasteiger partial charge in [-0.1, -0.05) is 6.92 Å². The number of carbonyl (C=O) groups is 1. The molecule has 0 bridgehead atoms. The van der Waals surface area contributed by atoms with Gasteiger partial charge >= 0.3 is 5.82 Å². The van der Waals surface area contributed by atoms with E-state index in [2.05, 4.69) is 17.3 Å². The van der Waals surface area contributed by atoms with Crippen molar-refractivity contribution in [3.8, 4) is 0 Å². The molecule has 2 rings (SSSR count). The van der Waals surface area contributed by atoms with Crippen LogP contribution in [0.4, 0.5) is 5.82 Å². The Morgan fingerprint density at radius 3 is 2.73 bits per heavy atom. The molecule has 124 valence electrons. The van der Waals surface area contributed by atoms with E-state index < -0.39 is 4.92 Å². The number of halogens is 1. The van der Waals surface area contributed by atoms with Crippen molar-refractivity contribution in [2.24, 2.45) is 5.92 Å². The Labute approximate surface area is 135 Å². The Morgan fingerprint density at radius 1 is 1.50 bits per heavy atom. The second kappa shape index (κ2) is 8.70. The number of nitrogens with zero attached hydrogens (tertiary/aromatic N) is 4. The summed E-state index contributed by atoms with van der Waals surface area (Å²) in [7, 11) is 0. The molecular weight excluding hydrogens is 310 g/mol. The van der Waals surface area contributed by atoms with E-state index in [4.69, 9.17) is 0 Å². The first-order valence-corrected chi connectivity index (χ1v) is 7.26. The van der Waals surface area contributed by atoms with E-state index in [0.29, 0.717) is 5.92 Å². The van der Waals surface area contributed by atoms with Crippen molar-refractivity contribution < 1.29 is 9.72 Å². The first kappa shape index (κ1) is 18.4. The Bertz CT molecular complexity index is 500. The normalized spacial score (nSPS) is 15.4. The van der Waals surface area contributed by atoms with Crippen molar-refractivity contribution in [3.05, 3.63) is 22.4 Å². The number of rotatable bonds is 6. The molecule has 1 aliphatic heterocycles. The van der Waals surface area contributed by atoms with Gasteiger partial charge in [0.1, 0.15) is 6.54 Å². The van der Waals surface area contributed by atoms with Crippen LogP contribution >= 0.6 is 12.4 Å². The number of carbonyl (C=O) groups excluding carboxylic acids is 1. The topological polar surface area (TPSA) is 93.3 Å². The number of nitro groups is 1. The van der Waals surface area contributed by atoms with Gasteiger partial charge in [0.05, 0.1) is 17.4 Å². The number of amides is 1. The molecule has 22 heavy (non-hydrogen) atoms. The third-order valence-electron chi connectivity index (χ3n) is 3.76. The summed E-state index contributed by atoms with van der Waals surface area (Å²) in [5, 5.41) is 17.6. The molecule has 1 aromatic rings. The lowest BCUT2D eigenvalue weighted by atomic mass is 9.97. The van der Waals surface area contributed by atoms with Crippen molar-refractivity contribution >= 4 is 24.1 Å². The SMILES string of the molecule is CCNCC1CCN(C(=O)Cn2ccc([N+](=O)[O-])n2)CC1.Cl. The highest BCUT2D eigenvalue weighted by molar-refractivity contribution is 5.85. The first-order valence-electron chi connectivity index (χ1n) is 7.26. The third-order valence-corrected chi connectivity index (χ3v) is 3.76. The van der Waals surface area contributed by atoms with E-state index in [1.54, 1.807) is 0 Å². The molecule has 1 saturated heterocycles. The van der Waals surface area contributed by atoms with Crippen molar-refractivity contribution in [2.75, 3.05) is 26.2 Å². The van der Waals surface area contributed by atoms with E-state index in [-0.39, 0.29) is 30.7 Å². The minimum absolute atomic E-state index is 0. The monoisotopic (exact) mass is 331 g/mol. The van der Waals surface area contributed by atoms with Crippen LogP contribution in [0, 0.1) is 16.0 Å². The quantitative estimate of drug-likeness (QED) is 0.621. The van der Waals surface area contributed by atoms with Gasteiger partial charge in [0.2, 0.25) is 5.91 Å². The number of piperidine rings is 1. The molecule has 0 aromatic carbocycles. The molecule has 1 N–H and O–H groups in total. The summed E-state index contributed by atoms with van der Waals surface area (Å²) >= 11 is 0. The number of nitrogens with one attached hydrogen (secondary N) is 1. The van der Waals surface area contributed by atoms with Crippen LogP contribution in [0.5, 0.6) is 0 Å². The van der Waals surface area contributed by atoms with Gasteiger partial charge in [0.15, 0.2) is 0 Å². The minimum atomic E-state index is -0.562. The van der Waals surface area contributed by atoms with Crippen LogP contribution < -0.4 is 5.32 Å². The van der Waals surface area contributed by atoms with Crippen LogP contribution in [0.15, 0.2) is 12.3 Å². The highest BCUT2D eigenvalue weighted by Gasteiger charge is 2.23. The molecule has 0 spiro atoms. The van der Waals surface area contributed by atoms with Gasteiger partial charge in [0, 0.05) is 13.1 Å². The maximum Gasteiger partial charge on any atom is 0.389 e. The van der Waals surface area contributed by atoms with Crippen molar-refractivity contribution in [1.29, 1.82) is 0 Å². The van der Waals surface area contributed by atoms with Crippen molar-refractivity contribution in [3.63, 3.8) is 0 Å². The molecule has 1 aromatic heterocycles. The highest BCUT2D eigenvalue weighted by atomic mass is 35.5. The summed E-state index contributed by atoms with van der Waals surface area (Å²) in [6.45, 7) is 5.62. The fourth-order valence-corrected chi connectivity index (χ4v) is 2.51. The number of aromatic nitrogens is 2. The lowest BCUT2D eigenvalue weighted by Gasteiger charge is -2.31. The van der Waals surface area contributed by atoms with Gasteiger partial charge in [-0.15, -0.1) is 12.4 Å². The summed E-state index contributed by atoms with van der Waals surface area (Å²) in [6, 6.07) is 1.30. The van der Waals surface area contributed by atoms with Gasteiger partial charge in [-0.3, -0.25) is 4.79 Å². The van der Waals surface area contributed by atoms with Crippen LogP contribution in [0.1, 0.15) is 19.8 Å². The van der Waals surface area contributed by atoms with Gasteiger partial charge < -0.3 is 20.3 Å². The standard InChI is InChI=1S/C13H21N5O3.ClH/c1-2-14-9-11-3-6-16(7-4-11)13(19)10-17-8-5-12(15-17)18(20)21;/h5,8,11,14H,2-4,6-7,9-10H2,1H3;1H. The van der Waals surface area contributed by atoms with Gasteiger partial charge in [-0.2, -0.15) is 4.68 Å². The predicted molar refractivity (Wildman–Crippen MR) is 84.0 cm³/mol.